The van der Waals surface area contributed by atoms with E-state index in [-0.39, 0.29) is 24.0 Å². The molecule has 0 aliphatic carbocycles. The summed E-state index contributed by atoms with van der Waals surface area (Å²) in [4.78, 5) is 26.1. The van der Waals surface area contributed by atoms with E-state index in [9.17, 15) is 9.59 Å². The molecule has 7 nitrogen and oxygen atoms in total. The maximum Gasteiger partial charge on any atom is 0.249 e. The standard InChI is InChI=1S/C18H33N3O4/c1-3-8-19-17(22)12-21-9-6-15(7-10-21)20-18(23)14(2)25-13-16-5-4-11-24-16/h14-16H,3-13H2,1-2H3,(H,19,22)(H,20,23). The van der Waals surface area contributed by atoms with E-state index in [4.69, 9.17) is 9.47 Å². The summed E-state index contributed by atoms with van der Waals surface area (Å²) >= 11 is 0. The van der Waals surface area contributed by atoms with E-state index in [0.717, 1.165) is 58.3 Å². The number of hydrogen-bond acceptors (Lipinski definition) is 5. The monoisotopic (exact) mass is 355 g/mol. The normalized spacial score (nSPS) is 23.4. The van der Waals surface area contributed by atoms with Gasteiger partial charge in [-0.3, -0.25) is 14.5 Å². The number of amides is 2. The van der Waals surface area contributed by atoms with Gasteiger partial charge in [-0.1, -0.05) is 6.92 Å². The number of likely N-dealkylation sites (tertiary alicyclic amines) is 1. The second-order valence-corrected chi connectivity index (χ2v) is 7.02. The SMILES string of the molecule is CCCNC(=O)CN1CCC(NC(=O)C(C)OCC2CCCO2)CC1. The highest BCUT2D eigenvalue weighted by Crippen LogP contribution is 2.13. The average molecular weight is 355 g/mol. The molecule has 7 heteroatoms. The first-order valence-electron chi connectivity index (χ1n) is 9.61. The predicted molar refractivity (Wildman–Crippen MR) is 95.3 cm³/mol. The molecule has 0 bridgehead atoms. The zero-order valence-electron chi connectivity index (χ0n) is 15.6. The van der Waals surface area contributed by atoms with Gasteiger partial charge in [0.15, 0.2) is 0 Å². The Hall–Kier alpha value is -1.18. The third kappa shape index (κ3) is 7.30. The number of carbonyl (C=O) groups excluding carboxylic acids is 2. The quantitative estimate of drug-likeness (QED) is 0.636. The van der Waals surface area contributed by atoms with Gasteiger partial charge in [-0.2, -0.15) is 0 Å². The van der Waals surface area contributed by atoms with Crippen molar-refractivity contribution in [1.29, 1.82) is 0 Å². The van der Waals surface area contributed by atoms with Gasteiger partial charge < -0.3 is 20.1 Å². The van der Waals surface area contributed by atoms with E-state index in [1.54, 1.807) is 6.92 Å². The van der Waals surface area contributed by atoms with Gasteiger partial charge in [-0.15, -0.1) is 0 Å². The highest BCUT2D eigenvalue weighted by Gasteiger charge is 2.25. The third-order valence-corrected chi connectivity index (χ3v) is 4.80. The molecule has 0 saturated carbocycles. The summed E-state index contributed by atoms with van der Waals surface area (Å²) in [6, 6.07) is 0.163. The number of nitrogens with zero attached hydrogens (tertiary/aromatic N) is 1. The van der Waals surface area contributed by atoms with Gasteiger partial charge in [0.2, 0.25) is 11.8 Å². The molecule has 0 aromatic carbocycles. The van der Waals surface area contributed by atoms with Gasteiger partial charge in [0.25, 0.3) is 0 Å². The second-order valence-electron chi connectivity index (χ2n) is 7.02. The molecule has 2 heterocycles. The molecule has 2 atom stereocenters. The van der Waals surface area contributed by atoms with Crippen molar-refractivity contribution in [2.75, 3.05) is 39.4 Å². The molecule has 2 aliphatic heterocycles. The van der Waals surface area contributed by atoms with E-state index < -0.39 is 6.10 Å². The van der Waals surface area contributed by atoms with E-state index >= 15 is 0 Å². The van der Waals surface area contributed by atoms with Crippen molar-refractivity contribution in [3.05, 3.63) is 0 Å². The van der Waals surface area contributed by atoms with Gasteiger partial charge >= 0.3 is 0 Å². The molecule has 0 aromatic rings. The molecule has 144 valence electrons. The summed E-state index contributed by atoms with van der Waals surface area (Å²) in [5.74, 6) is 0.0256. The number of nitrogens with one attached hydrogen (secondary N) is 2. The highest BCUT2D eigenvalue weighted by molar-refractivity contribution is 5.80. The van der Waals surface area contributed by atoms with Crippen molar-refractivity contribution in [2.45, 2.75) is 64.2 Å². The van der Waals surface area contributed by atoms with Crippen LogP contribution in [0.5, 0.6) is 0 Å². The number of rotatable bonds is 9. The molecule has 2 rings (SSSR count). The average Bonchev–Trinajstić information content (AvgIpc) is 3.13. The van der Waals surface area contributed by atoms with Crippen molar-refractivity contribution in [3.8, 4) is 0 Å². The maximum atomic E-state index is 12.2. The van der Waals surface area contributed by atoms with Crippen LogP contribution >= 0.6 is 0 Å². The fraction of sp³-hybridized carbons (Fsp3) is 0.889. The van der Waals surface area contributed by atoms with Crippen molar-refractivity contribution >= 4 is 11.8 Å². The van der Waals surface area contributed by atoms with Gasteiger partial charge in [-0.05, 0) is 39.0 Å². The van der Waals surface area contributed by atoms with Crippen LogP contribution in [0.3, 0.4) is 0 Å². The summed E-state index contributed by atoms with van der Waals surface area (Å²) in [5.41, 5.74) is 0. The summed E-state index contributed by atoms with van der Waals surface area (Å²) in [7, 11) is 0. The van der Waals surface area contributed by atoms with Crippen LogP contribution in [0.2, 0.25) is 0 Å². The Balaban J connectivity index is 1.60. The summed E-state index contributed by atoms with van der Waals surface area (Å²) in [5, 5.41) is 5.97. The second kappa shape index (κ2) is 10.7. The topological polar surface area (TPSA) is 79.9 Å². The highest BCUT2D eigenvalue weighted by atomic mass is 16.5. The van der Waals surface area contributed by atoms with E-state index in [2.05, 4.69) is 15.5 Å². The lowest BCUT2D eigenvalue weighted by molar-refractivity contribution is -0.135. The smallest absolute Gasteiger partial charge is 0.249 e. The van der Waals surface area contributed by atoms with E-state index in [1.165, 1.54) is 0 Å². The summed E-state index contributed by atoms with van der Waals surface area (Å²) in [6.07, 6.45) is 4.45. The van der Waals surface area contributed by atoms with Crippen LogP contribution in [0.15, 0.2) is 0 Å². The minimum absolute atomic E-state index is 0.0582. The molecule has 2 saturated heterocycles. The minimum atomic E-state index is -0.456. The Morgan fingerprint density at radius 3 is 2.68 bits per heavy atom. The van der Waals surface area contributed by atoms with Crippen molar-refractivity contribution < 1.29 is 19.1 Å². The van der Waals surface area contributed by atoms with Crippen LogP contribution in [-0.2, 0) is 19.1 Å². The van der Waals surface area contributed by atoms with Crippen LogP contribution in [-0.4, -0.2) is 74.4 Å². The Morgan fingerprint density at radius 2 is 2.04 bits per heavy atom. The van der Waals surface area contributed by atoms with Gasteiger partial charge in [0, 0.05) is 32.3 Å². The van der Waals surface area contributed by atoms with Gasteiger partial charge in [0.05, 0.1) is 19.3 Å². The molecule has 25 heavy (non-hydrogen) atoms. The number of ether oxygens (including phenoxy) is 2. The van der Waals surface area contributed by atoms with Gasteiger partial charge in [0.1, 0.15) is 6.10 Å². The van der Waals surface area contributed by atoms with Crippen LogP contribution in [0.1, 0.15) is 46.0 Å². The number of carbonyl (C=O) groups is 2. The predicted octanol–water partition coefficient (Wildman–Crippen LogP) is 0.677. The van der Waals surface area contributed by atoms with Crippen LogP contribution in [0, 0.1) is 0 Å². The Kier molecular flexibility index (Phi) is 8.64. The molecule has 2 fully saturated rings. The lowest BCUT2D eigenvalue weighted by atomic mass is 10.0. The van der Waals surface area contributed by atoms with Crippen molar-refractivity contribution in [1.82, 2.24) is 15.5 Å². The van der Waals surface area contributed by atoms with Crippen LogP contribution in [0.25, 0.3) is 0 Å². The lowest BCUT2D eigenvalue weighted by Crippen LogP contribution is -2.49. The fourth-order valence-electron chi connectivity index (χ4n) is 3.18. The molecule has 2 N–H and O–H groups in total. The fourth-order valence-corrected chi connectivity index (χ4v) is 3.18. The number of hydrogen-bond donors (Lipinski definition) is 2. The Bertz CT molecular complexity index is 419. The first-order valence-corrected chi connectivity index (χ1v) is 9.61. The molecule has 0 spiro atoms. The minimum Gasteiger partial charge on any atom is -0.376 e. The molecule has 0 radical (unpaired) electrons. The molecular weight excluding hydrogens is 322 g/mol. The van der Waals surface area contributed by atoms with E-state index in [1.807, 2.05) is 6.92 Å². The Morgan fingerprint density at radius 1 is 1.28 bits per heavy atom. The largest absolute Gasteiger partial charge is 0.376 e. The lowest BCUT2D eigenvalue weighted by Gasteiger charge is -2.32. The molecule has 2 amide bonds. The first kappa shape index (κ1) is 20.1. The summed E-state index contributed by atoms with van der Waals surface area (Å²) in [6.45, 7) is 7.95. The first-order chi connectivity index (χ1) is 12.1. The van der Waals surface area contributed by atoms with E-state index in [0.29, 0.717) is 13.2 Å². The van der Waals surface area contributed by atoms with Gasteiger partial charge in [-0.25, -0.2) is 0 Å². The molecular formula is C18H33N3O4. The third-order valence-electron chi connectivity index (χ3n) is 4.80. The number of piperidine rings is 1. The van der Waals surface area contributed by atoms with Crippen molar-refractivity contribution in [2.24, 2.45) is 0 Å². The summed E-state index contributed by atoms with van der Waals surface area (Å²) < 4.78 is 11.1. The van der Waals surface area contributed by atoms with Crippen LogP contribution < -0.4 is 10.6 Å². The molecule has 2 aliphatic rings. The molecule has 2 unspecified atom stereocenters. The van der Waals surface area contributed by atoms with Crippen LogP contribution in [0.4, 0.5) is 0 Å². The zero-order chi connectivity index (χ0) is 18.1. The molecule has 0 aromatic heterocycles. The zero-order valence-corrected chi connectivity index (χ0v) is 15.6. The van der Waals surface area contributed by atoms with Crippen molar-refractivity contribution in [3.63, 3.8) is 0 Å². The maximum absolute atomic E-state index is 12.2. The Labute approximate surface area is 150 Å².